The third-order valence-corrected chi connectivity index (χ3v) is 3.22. The van der Waals surface area contributed by atoms with Crippen molar-refractivity contribution in [3.8, 4) is 11.5 Å². The van der Waals surface area contributed by atoms with Crippen LogP contribution < -0.4 is 14.8 Å². The van der Waals surface area contributed by atoms with Gasteiger partial charge < -0.3 is 25.0 Å². The van der Waals surface area contributed by atoms with Crippen LogP contribution in [-0.4, -0.2) is 42.7 Å². The number of hydrogen-bond donors (Lipinski definition) is 3. The Balaban J connectivity index is 2.84. The molecule has 0 aliphatic rings. The van der Waals surface area contributed by atoms with E-state index >= 15 is 0 Å². The minimum atomic E-state index is -0.908. The summed E-state index contributed by atoms with van der Waals surface area (Å²) in [5.74, 6) is 1.11. The van der Waals surface area contributed by atoms with Gasteiger partial charge in [0.15, 0.2) is 11.5 Å². The molecule has 1 rings (SSSR count). The van der Waals surface area contributed by atoms with Crippen LogP contribution in [0.2, 0.25) is 0 Å². The van der Waals surface area contributed by atoms with E-state index in [0.717, 1.165) is 16.6 Å². The van der Waals surface area contributed by atoms with Crippen molar-refractivity contribution in [1.82, 2.24) is 5.32 Å². The Morgan fingerprint density at radius 3 is 2.60 bits per heavy atom. The third-order valence-electron chi connectivity index (χ3n) is 2.63. The Kier molecular flexibility index (Phi) is 7.29. The van der Waals surface area contributed by atoms with E-state index in [9.17, 15) is 5.11 Å². The smallest absolute Gasteiger partial charge is 0.175 e. The summed E-state index contributed by atoms with van der Waals surface area (Å²) in [6.07, 6.45) is -0.908. The van der Waals surface area contributed by atoms with Gasteiger partial charge in [-0.1, -0.05) is 13.8 Å². The van der Waals surface area contributed by atoms with Crippen LogP contribution in [0.3, 0.4) is 0 Å². The van der Waals surface area contributed by atoms with E-state index in [1.54, 1.807) is 7.11 Å². The number of methoxy groups -OCH3 is 1. The maximum Gasteiger partial charge on any atom is 0.175 e. The van der Waals surface area contributed by atoms with Gasteiger partial charge in [0, 0.05) is 12.6 Å². The first-order valence-electron chi connectivity index (χ1n) is 6.49. The van der Waals surface area contributed by atoms with Crippen LogP contribution in [0.4, 0.5) is 0 Å². The summed E-state index contributed by atoms with van der Waals surface area (Å²) in [6.45, 7) is 4.57. The zero-order valence-electron chi connectivity index (χ0n) is 12.0. The Morgan fingerprint density at radius 2 is 2.05 bits per heavy atom. The van der Waals surface area contributed by atoms with Crippen LogP contribution in [0.15, 0.2) is 16.6 Å². The Hall–Kier alpha value is -0.820. The fourth-order valence-electron chi connectivity index (χ4n) is 1.57. The van der Waals surface area contributed by atoms with E-state index in [-0.39, 0.29) is 13.2 Å². The summed E-state index contributed by atoms with van der Waals surface area (Å²) in [5.41, 5.74) is 1.07. The summed E-state index contributed by atoms with van der Waals surface area (Å²) >= 11 is 3.44. The summed E-state index contributed by atoms with van der Waals surface area (Å²) in [5, 5.41) is 21.5. The number of hydrogen-bond acceptors (Lipinski definition) is 5. The van der Waals surface area contributed by atoms with E-state index < -0.39 is 6.10 Å². The highest BCUT2D eigenvalue weighted by atomic mass is 79.9. The predicted molar refractivity (Wildman–Crippen MR) is 81.3 cm³/mol. The van der Waals surface area contributed by atoms with E-state index in [1.807, 2.05) is 12.1 Å². The second-order valence-electron chi connectivity index (χ2n) is 4.79. The standard InChI is InChI=1S/C14H22BrNO4/c1-9(2)16-6-10-4-12(15)14(13(5-10)19-3)20-8-11(18)7-17/h4-5,9,11,16-18H,6-8H2,1-3H3. The average molecular weight is 348 g/mol. The van der Waals surface area contributed by atoms with Gasteiger partial charge in [0.1, 0.15) is 12.7 Å². The molecule has 0 bridgehead atoms. The van der Waals surface area contributed by atoms with E-state index in [0.29, 0.717) is 17.5 Å². The Morgan fingerprint density at radius 1 is 1.35 bits per heavy atom. The van der Waals surface area contributed by atoms with Gasteiger partial charge in [0.2, 0.25) is 0 Å². The van der Waals surface area contributed by atoms with E-state index in [1.165, 1.54) is 0 Å². The summed E-state index contributed by atoms with van der Waals surface area (Å²) in [6, 6.07) is 4.23. The lowest BCUT2D eigenvalue weighted by Gasteiger charge is -2.16. The van der Waals surface area contributed by atoms with Crippen LogP contribution in [0.25, 0.3) is 0 Å². The molecule has 6 heteroatoms. The number of nitrogens with one attached hydrogen (secondary N) is 1. The fraction of sp³-hybridized carbons (Fsp3) is 0.571. The molecule has 0 saturated carbocycles. The van der Waals surface area contributed by atoms with Gasteiger partial charge in [0.25, 0.3) is 0 Å². The number of ether oxygens (including phenoxy) is 2. The first-order valence-corrected chi connectivity index (χ1v) is 7.28. The molecule has 1 aromatic carbocycles. The Labute approximate surface area is 128 Å². The van der Waals surface area contributed by atoms with Gasteiger partial charge in [-0.05, 0) is 33.6 Å². The molecule has 0 heterocycles. The molecule has 1 atom stereocenters. The first kappa shape index (κ1) is 17.2. The zero-order valence-corrected chi connectivity index (χ0v) is 13.6. The highest BCUT2D eigenvalue weighted by molar-refractivity contribution is 9.10. The highest BCUT2D eigenvalue weighted by Crippen LogP contribution is 2.36. The lowest BCUT2D eigenvalue weighted by Crippen LogP contribution is -2.22. The zero-order chi connectivity index (χ0) is 15.1. The molecule has 114 valence electrons. The molecule has 3 N–H and O–H groups in total. The van der Waals surface area contributed by atoms with Crippen LogP contribution in [-0.2, 0) is 6.54 Å². The fourth-order valence-corrected chi connectivity index (χ4v) is 2.17. The molecule has 0 radical (unpaired) electrons. The number of benzene rings is 1. The lowest BCUT2D eigenvalue weighted by molar-refractivity contribution is 0.0524. The number of aliphatic hydroxyl groups excluding tert-OH is 2. The maximum absolute atomic E-state index is 9.33. The van der Waals surface area contributed by atoms with Crippen molar-refractivity contribution < 1.29 is 19.7 Å². The van der Waals surface area contributed by atoms with E-state index in [2.05, 4.69) is 35.1 Å². The molecule has 0 aliphatic carbocycles. The van der Waals surface area contributed by atoms with Crippen LogP contribution in [0.5, 0.6) is 11.5 Å². The molecule has 1 unspecified atom stereocenters. The monoisotopic (exact) mass is 347 g/mol. The molecule has 0 spiro atoms. The quantitative estimate of drug-likeness (QED) is 0.667. The third kappa shape index (κ3) is 5.28. The number of rotatable bonds is 8. The van der Waals surface area contributed by atoms with Crippen LogP contribution in [0.1, 0.15) is 19.4 Å². The topological polar surface area (TPSA) is 71.0 Å². The van der Waals surface area contributed by atoms with Crippen molar-refractivity contribution in [2.45, 2.75) is 32.5 Å². The molecule has 5 nitrogen and oxygen atoms in total. The average Bonchev–Trinajstić information content (AvgIpc) is 2.42. The van der Waals surface area contributed by atoms with Gasteiger partial charge in [0.05, 0.1) is 18.2 Å². The highest BCUT2D eigenvalue weighted by Gasteiger charge is 2.13. The normalized spacial score (nSPS) is 12.6. The SMILES string of the molecule is COc1cc(CNC(C)C)cc(Br)c1OCC(O)CO. The van der Waals surface area contributed by atoms with Gasteiger partial charge >= 0.3 is 0 Å². The molecule has 20 heavy (non-hydrogen) atoms. The van der Waals surface area contributed by atoms with Crippen molar-refractivity contribution in [2.24, 2.45) is 0 Å². The van der Waals surface area contributed by atoms with Crippen molar-refractivity contribution in [2.75, 3.05) is 20.3 Å². The number of aliphatic hydroxyl groups is 2. The Bertz CT molecular complexity index is 426. The summed E-state index contributed by atoms with van der Waals surface area (Å²) in [4.78, 5) is 0. The van der Waals surface area contributed by atoms with Crippen molar-refractivity contribution in [1.29, 1.82) is 0 Å². The molecule has 0 saturated heterocycles. The summed E-state index contributed by atoms with van der Waals surface area (Å²) < 4.78 is 11.6. The van der Waals surface area contributed by atoms with Gasteiger partial charge in [-0.3, -0.25) is 0 Å². The largest absolute Gasteiger partial charge is 0.493 e. The predicted octanol–water partition coefficient (Wildman–Crippen LogP) is 1.69. The molecule has 0 aliphatic heterocycles. The molecular formula is C14H22BrNO4. The molecule has 0 amide bonds. The van der Waals surface area contributed by atoms with Gasteiger partial charge in [-0.2, -0.15) is 0 Å². The minimum Gasteiger partial charge on any atom is -0.493 e. The van der Waals surface area contributed by atoms with Crippen molar-refractivity contribution >= 4 is 15.9 Å². The molecule has 1 aromatic rings. The molecule has 0 aromatic heterocycles. The first-order chi connectivity index (χ1) is 9.47. The van der Waals surface area contributed by atoms with Gasteiger partial charge in [-0.25, -0.2) is 0 Å². The van der Waals surface area contributed by atoms with Crippen LogP contribution >= 0.6 is 15.9 Å². The minimum absolute atomic E-state index is 0.00898. The van der Waals surface area contributed by atoms with Crippen molar-refractivity contribution in [3.63, 3.8) is 0 Å². The van der Waals surface area contributed by atoms with Crippen LogP contribution in [0, 0.1) is 0 Å². The lowest BCUT2D eigenvalue weighted by atomic mass is 10.2. The second-order valence-corrected chi connectivity index (χ2v) is 5.65. The van der Waals surface area contributed by atoms with E-state index in [4.69, 9.17) is 14.6 Å². The second kappa shape index (κ2) is 8.46. The number of halogens is 1. The van der Waals surface area contributed by atoms with Gasteiger partial charge in [-0.15, -0.1) is 0 Å². The molecular weight excluding hydrogens is 326 g/mol. The maximum atomic E-state index is 9.33. The van der Waals surface area contributed by atoms with Crippen molar-refractivity contribution in [3.05, 3.63) is 22.2 Å². The molecule has 0 fully saturated rings. The summed E-state index contributed by atoms with van der Waals surface area (Å²) in [7, 11) is 1.57.